The Bertz CT molecular complexity index is 576. The summed E-state index contributed by atoms with van der Waals surface area (Å²) in [5.41, 5.74) is 0.104. The zero-order valence-corrected chi connectivity index (χ0v) is 10.9. The van der Waals surface area contributed by atoms with Crippen LogP contribution in [0.5, 0.6) is 0 Å². The first-order valence-electron chi connectivity index (χ1n) is 6.55. The van der Waals surface area contributed by atoms with Crippen LogP contribution in [-0.4, -0.2) is 33.1 Å². The fraction of sp³-hybridized carbons (Fsp3) is 0.429. The minimum atomic E-state index is -0.663. The van der Waals surface area contributed by atoms with Gasteiger partial charge in [0.1, 0.15) is 24.1 Å². The molecule has 0 amide bonds. The summed E-state index contributed by atoms with van der Waals surface area (Å²) in [6, 6.07) is 6.41. The van der Waals surface area contributed by atoms with Crippen LogP contribution >= 0.6 is 0 Å². The molecule has 0 radical (unpaired) electrons. The van der Waals surface area contributed by atoms with E-state index in [-0.39, 0.29) is 18.3 Å². The van der Waals surface area contributed by atoms with Gasteiger partial charge >= 0.3 is 0 Å². The Kier molecular flexibility index (Phi) is 3.50. The Morgan fingerprint density at radius 1 is 1.50 bits per heavy atom. The van der Waals surface area contributed by atoms with Crippen molar-refractivity contribution in [2.75, 3.05) is 13.2 Å². The molecule has 1 aromatic carbocycles. The van der Waals surface area contributed by atoms with Crippen molar-refractivity contribution >= 4 is 0 Å². The molecule has 2 heterocycles. The minimum Gasteiger partial charge on any atom is -0.396 e. The Balaban J connectivity index is 1.95. The van der Waals surface area contributed by atoms with Crippen molar-refractivity contribution in [2.45, 2.75) is 18.6 Å². The van der Waals surface area contributed by atoms with Crippen LogP contribution in [0, 0.1) is 11.7 Å². The standard InChI is InChI=1S/C14H16FN3O2/c15-13-3-1-2-12(4-13)14(5-11(6-19)7-20-14)8-18-10-16-9-17-18/h1-4,9-11,19H,5-8H2/t11-,14+/m1/s1. The Hall–Kier alpha value is -1.79. The third-order valence-corrected chi connectivity index (χ3v) is 3.71. The van der Waals surface area contributed by atoms with Gasteiger partial charge in [-0.2, -0.15) is 5.10 Å². The highest BCUT2D eigenvalue weighted by Gasteiger charge is 2.42. The summed E-state index contributed by atoms with van der Waals surface area (Å²) < 4.78 is 21.1. The molecule has 1 saturated heterocycles. The maximum atomic E-state index is 13.5. The van der Waals surface area contributed by atoms with Crippen molar-refractivity contribution in [2.24, 2.45) is 5.92 Å². The zero-order chi connectivity index (χ0) is 14.0. The van der Waals surface area contributed by atoms with Crippen LogP contribution in [-0.2, 0) is 16.9 Å². The Labute approximate surface area is 116 Å². The number of rotatable bonds is 4. The molecule has 0 saturated carbocycles. The molecule has 0 unspecified atom stereocenters. The van der Waals surface area contributed by atoms with Gasteiger partial charge in [0.2, 0.25) is 0 Å². The quantitative estimate of drug-likeness (QED) is 0.916. The first-order valence-corrected chi connectivity index (χ1v) is 6.55. The van der Waals surface area contributed by atoms with Crippen molar-refractivity contribution in [3.63, 3.8) is 0 Å². The summed E-state index contributed by atoms with van der Waals surface area (Å²) in [6.07, 6.45) is 3.70. The second-order valence-corrected chi connectivity index (χ2v) is 5.16. The highest BCUT2D eigenvalue weighted by molar-refractivity contribution is 5.25. The lowest BCUT2D eigenvalue weighted by Crippen LogP contribution is -2.31. The normalized spacial score (nSPS) is 26.0. The zero-order valence-electron chi connectivity index (χ0n) is 10.9. The van der Waals surface area contributed by atoms with Gasteiger partial charge in [0.05, 0.1) is 13.2 Å². The second kappa shape index (κ2) is 5.30. The van der Waals surface area contributed by atoms with Gasteiger partial charge in [-0.05, 0) is 24.1 Å². The third kappa shape index (κ3) is 2.44. The molecule has 0 aliphatic carbocycles. The molecular weight excluding hydrogens is 261 g/mol. The highest BCUT2D eigenvalue weighted by atomic mass is 19.1. The van der Waals surface area contributed by atoms with Gasteiger partial charge in [-0.1, -0.05) is 12.1 Å². The van der Waals surface area contributed by atoms with Crippen molar-refractivity contribution in [3.8, 4) is 0 Å². The summed E-state index contributed by atoms with van der Waals surface area (Å²) in [5.74, 6) is -0.238. The maximum absolute atomic E-state index is 13.5. The third-order valence-electron chi connectivity index (χ3n) is 3.71. The number of halogens is 1. The summed E-state index contributed by atoms with van der Waals surface area (Å²) in [4.78, 5) is 3.92. The van der Waals surface area contributed by atoms with Crippen molar-refractivity contribution in [3.05, 3.63) is 48.3 Å². The van der Waals surface area contributed by atoms with E-state index in [0.29, 0.717) is 19.6 Å². The van der Waals surface area contributed by atoms with Crippen LogP contribution in [0.25, 0.3) is 0 Å². The molecule has 1 fully saturated rings. The van der Waals surface area contributed by atoms with Crippen LogP contribution in [0.1, 0.15) is 12.0 Å². The molecule has 3 rings (SSSR count). The number of ether oxygens (including phenoxy) is 1. The lowest BCUT2D eigenvalue weighted by molar-refractivity contribution is -0.0183. The molecule has 5 nitrogen and oxygen atoms in total. The molecule has 106 valence electrons. The monoisotopic (exact) mass is 277 g/mol. The maximum Gasteiger partial charge on any atom is 0.137 e. The molecule has 6 heteroatoms. The number of aliphatic hydroxyl groups excluding tert-OH is 1. The SMILES string of the molecule is OC[C@@H]1CO[C@@](Cn2cncn2)(c2cccc(F)c2)C1. The predicted octanol–water partition coefficient (Wildman–Crippen LogP) is 1.34. The average molecular weight is 277 g/mol. The van der Waals surface area contributed by atoms with Gasteiger partial charge < -0.3 is 9.84 Å². The molecule has 0 spiro atoms. The summed E-state index contributed by atoms with van der Waals surface area (Å²) in [6.45, 7) is 0.975. The fourth-order valence-electron chi connectivity index (χ4n) is 2.73. The van der Waals surface area contributed by atoms with Crippen molar-refractivity contribution in [1.29, 1.82) is 0 Å². The largest absolute Gasteiger partial charge is 0.396 e. The molecule has 0 bridgehead atoms. The van der Waals surface area contributed by atoms with Crippen molar-refractivity contribution < 1.29 is 14.2 Å². The molecular formula is C14H16FN3O2. The molecule has 20 heavy (non-hydrogen) atoms. The Morgan fingerprint density at radius 2 is 2.40 bits per heavy atom. The lowest BCUT2D eigenvalue weighted by atomic mass is 9.87. The molecule has 1 aromatic heterocycles. The van der Waals surface area contributed by atoms with E-state index >= 15 is 0 Å². The van der Waals surface area contributed by atoms with Gasteiger partial charge in [0, 0.05) is 12.5 Å². The van der Waals surface area contributed by atoms with E-state index in [4.69, 9.17) is 4.74 Å². The first kappa shape index (κ1) is 13.2. The smallest absolute Gasteiger partial charge is 0.137 e. The van der Waals surface area contributed by atoms with E-state index in [9.17, 15) is 9.50 Å². The summed E-state index contributed by atoms with van der Waals surface area (Å²) >= 11 is 0. The van der Waals surface area contributed by atoms with Gasteiger partial charge in [-0.15, -0.1) is 0 Å². The summed E-state index contributed by atoms with van der Waals surface area (Å²) in [7, 11) is 0. The highest BCUT2D eigenvalue weighted by Crippen LogP contribution is 2.40. The Morgan fingerprint density at radius 3 is 3.05 bits per heavy atom. The fourth-order valence-corrected chi connectivity index (χ4v) is 2.73. The van der Waals surface area contributed by atoms with E-state index < -0.39 is 5.60 Å². The van der Waals surface area contributed by atoms with Crippen molar-refractivity contribution in [1.82, 2.24) is 14.8 Å². The van der Waals surface area contributed by atoms with Gasteiger partial charge in [-0.25, -0.2) is 14.1 Å². The van der Waals surface area contributed by atoms with Crippen LogP contribution in [0.2, 0.25) is 0 Å². The van der Waals surface area contributed by atoms with Crippen LogP contribution in [0.4, 0.5) is 4.39 Å². The van der Waals surface area contributed by atoms with E-state index in [1.165, 1.54) is 18.5 Å². The lowest BCUT2D eigenvalue weighted by Gasteiger charge is -2.29. The van der Waals surface area contributed by atoms with Crippen LogP contribution in [0.15, 0.2) is 36.9 Å². The molecule has 2 aromatic rings. The molecule has 1 N–H and O–H groups in total. The first-order chi connectivity index (χ1) is 9.72. The number of aliphatic hydroxyl groups is 1. The van der Waals surface area contributed by atoms with E-state index in [1.807, 2.05) is 6.07 Å². The van der Waals surface area contributed by atoms with Crippen LogP contribution in [0.3, 0.4) is 0 Å². The number of benzene rings is 1. The molecule has 1 aliphatic rings. The van der Waals surface area contributed by atoms with Gasteiger partial charge in [0.15, 0.2) is 0 Å². The topological polar surface area (TPSA) is 60.2 Å². The summed E-state index contributed by atoms with van der Waals surface area (Å²) in [5, 5.41) is 13.4. The number of hydrogen-bond acceptors (Lipinski definition) is 4. The number of hydrogen-bond donors (Lipinski definition) is 1. The van der Waals surface area contributed by atoms with Gasteiger partial charge in [0.25, 0.3) is 0 Å². The van der Waals surface area contributed by atoms with Crippen LogP contribution < -0.4 is 0 Å². The minimum absolute atomic E-state index is 0.0572. The number of nitrogens with zero attached hydrogens (tertiary/aromatic N) is 3. The van der Waals surface area contributed by atoms with E-state index in [1.54, 1.807) is 17.1 Å². The van der Waals surface area contributed by atoms with E-state index in [0.717, 1.165) is 5.56 Å². The van der Waals surface area contributed by atoms with E-state index in [2.05, 4.69) is 10.1 Å². The second-order valence-electron chi connectivity index (χ2n) is 5.16. The number of aromatic nitrogens is 3. The molecule has 2 atom stereocenters. The van der Waals surface area contributed by atoms with Gasteiger partial charge in [-0.3, -0.25) is 0 Å². The average Bonchev–Trinajstić information content (AvgIpc) is 3.09. The predicted molar refractivity (Wildman–Crippen MR) is 69.2 cm³/mol. The molecule has 1 aliphatic heterocycles.